The highest BCUT2D eigenvalue weighted by molar-refractivity contribution is 5.82. The summed E-state index contributed by atoms with van der Waals surface area (Å²) in [5, 5.41) is 0. The second-order valence-electron chi connectivity index (χ2n) is 7.00. The fourth-order valence-corrected chi connectivity index (χ4v) is 5.65. The number of carbonyl (C=O) groups excluding carboxylic acids is 1. The van der Waals surface area contributed by atoms with Crippen LogP contribution in [0.2, 0.25) is 0 Å². The molecule has 2 heteroatoms. The van der Waals surface area contributed by atoms with Crippen LogP contribution in [-0.4, -0.2) is 16.4 Å². The van der Waals surface area contributed by atoms with Crippen molar-refractivity contribution in [2.45, 2.75) is 44.6 Å². The Kier molecular flexibility index (Phi) is 2.09. The van der Waals surface area contributed by atoms with E-state index in [1.165, 1.54) is 25.3 Å². The Balaban J connectivity index is 1.53. The van der Waals surface area contributed by atoms with Gasteiger partial charge in [0.1, 0.15) is 0 Å². The van der Waals surface area contributed by atoms with E-state index in [-0.39, 0.29) is 11.6 Å². The van der Waals surface area contributed by atoms with E-state index in [4.69, 9.17) is 4.74 Å². The second kappa shape index (κ2) is 3.40. The first-order valence-electron chi connectivity index (χ1n) is 7.56. The summed E-state index contributed by atoms with van der Waals surface area (Å²) in [6, 6.07) is 0. The molecule has 4 aliphatic rings. The van der Waals surface area contributed by atoms with E-state index < -0.39 is 0 Å². The van der Waals surface area contributed by atoms with Crippen molar-refractivity contribution >= 4 is 5.97 Å². The number of rotatable bonds is 3. The monoisotopic (exact) mass is 247 g/mol. The normalized spacial score (nSPS) is 54.9. The Morgan fingerprint density at radius 2 is 2.00 bits per heavy atom. The standard InChI is InChI=1S/C16H22O2/c1-3-15(17)18-16(4-2)8-13-11-6-9-5-10(9)12(11)7-14(13)16/h3,9-14H,1,4-8H2,2H3/p+1. The molecule has 0 heterocycles. The van der Waals surface area contributed by atoms with Crippen molar-refractivity contribution in [3.63, 3.8) is 0 Å². The van der Waals surface area contributed by atoms with Crippen molar-refractivity contribution in [1.29, 1.82) is 0 Å². The molecule has 1 N–H and O–H groups in total. The highest BCUT2D eigenvalue weighted by Gasteiger charge is 2.71. The van der Waals surface area contributed by atoms with Gasteiger partial charge in [-0.15, -0.1) is 0 Å². The van der Waals surface area contributed by atoms with Crippen LogP contribution < -0.4 is 0 Å². The molecule has 0 aromatic carbocycles. The van der Waals surface area contributed by atoms with Gasteiger partial charge in [0, 0.05) is 18.8 Å². The fraction of sp³-hybridized carbons (Fsp3) is 0.812. The van der Waals surface area contributed by atoms with Crippen LogP contribution in [0.15, 0.2) is 12.7 Å². The lowest BCUT2D eigenvalue weighted by atomic mass is 9.59. The summed E-state index contributed by atoms with van der Waals surface area (Å²) >= 11 is 0. The molecule has 7 atom stereocenters. The molecule has 4 rings (SSSR count). The molecular weight excluding hydrogens is 224 g/mol. The lowest BCUT2D eigenvalue weighted by Crippen LogP contribution is -2.55. The minimum absolute atomic E-state index is 0.0247. The summed E-state index contributed by atoms with van der Waals surface area (Å²) < 4.78 is 5.85. The third-order valence-electron chi connectivity index (χ3n) is 6.58. The SMILES string of the molecule is C=CC(=[OH+])OC1(CC)CC2C3CC4CC4C3CC21. The molecule has 0 aromatic heterocycles. The Morgan fingerprint density at radius 3 is 2.72 bits per heavy atom. The highest BCUT2D eigenvalue weighted by Crippen LogP contribution is 2.72. The van der Waals surface area contributed by atoms with Crippen LogP contribution in [0.5, 0.6) is 0 Å². The zero-order chi connectivity index (χ0) is 12.5. The average Bonchev–Trinajstić information content (AvgIpc) is 2.94. The Labute approximate surface area is 109 Å². The van der Waals surface area contributed by atoms with Crippen LogP contribution in [0, 0.1) is 35.5 Å². The van der Waals surface area contributed by atoms with Crippen molar-refractivity contribution in [3.05, 3.63) is 12.7 Å². The fourth-order valence-electron chi connectivity index (χ4n) is 5.65. The van der Waals surface area contributed by atoms with E-state index in [2.05, 4.69) is 13.5 Å². The van der Waals surface area contributed by atoms with E-state index in [9.17, 15) is 4.79 Å². The summed E-state index contributed by atoms with van der Waals surface area (Å²) in [5.41, 5.74) is -0.0718. The molecule has 4 aliphatic carbocycles. The van der Waals surface area contributed by atoms with E-state index >= 15 is 0 Å². The molecule has 2 nitrogen and oxygen atoms in total. The van der Waals surface area contributed by atoms with Gasteiger partial charge in [0.25, 0.3) is 0 Å². The van der Waals surface area contributed by atoms with Gasteiger partial charge in [-0.05, 0) is 48.9 Å². The van der Waals surface area contributed by atoms with Gasteiger partial charge in [0.05, 0.1) is 6.08 Å². The first-order valence-corrected chi connectivity index (χ1v) is 7.56. The maximum atomic E-state index is 9.65. The van der Waals surface area contributed by atoms with Crippen molar-refractivity contribution < 1.29 is 9.53 Å². The van der Waals surface area contributed by atoms with E-state index in [0.717, 1.165) is 42.4 Å². The zero-order valence-corrected chi connectivity index (χ0v) is 11.1. The van der Waals surface area contributed by atoms with E-state index in [0.29, 0.717) is 5.92 Å². The second-order valence-corrected chi connectivity index (χ2v) is 7.00. The summed E-state index contributed by atoms with van der Waals surface area (Å²) in [5.74, 6) is 5.75. The maximum absolute atomic E-state index is 9.65. The van der Waals surface area contributed by atoms with Crippen LogP contribution in [0.25, 0.3) is 0 Å². The average molecular weight is 247 g/mol. The predicted octanol–water partition coefficient (Wildman–Crippen LogP) is 3.15. The molecule has 0 bridgehead atoms. The first-order chi connectivity index (χ1) is 8.68. The lowest BCUT2D eigenvalue weighted by molar-refractivity contribution is -0.128. The van der Waals surface area contributed by atoms with Crippen LogP contribution >= 0.6 is 0 Å². The number of fused-ring (bicyclic) bond motifs is 5. The number of esters is 1. The molecule has 0 aromatic rings. The largest absolute Gasteiger partial charge is 0.509 e. The first kappa shape index (κ1) is 11.1. The Bertz CT molecular complexity index is 415. The number of hydrogen-bond donors (Lipinski definition) is 0. The van der Waals surface area contributed by atoms with Gasteiger partial charge in [0.15, 0.2) is 0 Å². The van der Waals surface area contributed by atoms with Crippen LogP contribution in [0.3, 0.4) is 0 Å². The molecule has 0 amide bonds. The van der Waals surface area contributed by atoms with Gasteiger partial charge in [-0.1, -0.05) is 13.5 Å². The number of hydrogen-bond acceptors (Lipinski definition) is 1. The molecule has 7 unspecified atom stereocenters. The summed E-state index contributed by atoms with van der Waals surface area (Å²) in [7, 11) is 0. The van der Waals surface area contributed by atoms with Crippen LogP contribution in [-0.2, 0) is 4.74 Å². The molecule has 0 radical (unpaired) electrons. The summed E-state index contributed by atoms with van der Waals surface area (Å²) in [6.45, 7) is 5.78. The highest BCUT2D eigenvalue weighted by atomic mass is 16.6. The number of ether oxygens (including phenoxy) is 1. The summed E-state index contributed by atoms with van der Waals surface area (Å²) in [4.78, 5) is 9.65. The molecule has 18 heavy (non-hydrogen) atoms. The smallest absolute Gasteiger partial charge is 0.335 e. The Hall–Kier alpha value is -0.790. The van der Waals surface area contributed by atoms with Crippen molar-refractivity contribution in [3.8, 4) is 0 Å². The summed E-state index contributed by atoms with van der Waals surface area (Å²) in [6.07, 6.45) is 7.95. The van der Waals surface area contributed by atoms with Crippen molar-refractivity contribution in [2.24, 2.45) is 35.5 Å². The predicted molar refractivity (Wildman–Crippen MR) is 70.7 cm³/mol. The Morgan fingerprint density at radius 1 is 1.28 bits per heavy atom. The van der Waals surface area contributed by atoms with Crippen molar-refractivity contribution in [1.82, 2.24) is 0 Å². The third-order valence-corrected chi connectivity index (χ3v) is 6.58. The quantitative estimate of drug-likeness (QED) is 0.428. The third kappa shape index (κ3) is 1.22. The minimum Gasteiger partial charge on any atom is -0.335 e. The van der Waals surface area contributed by atoms with E-state index in [1.54, 1.807) is 0 Å². The molecular formula is C16H23O2+. The lowest BCUT2D eigenvalue weighted by Gasteiger charge is -2.47. The van der Waals surface area contributed by atoms with Gasteiger partial charge in [-0.25, -0.2) is 0 Å². The van der Waals surface area contributed by atoms with Gasteiger partial charge in [-0.3, -0.25) is 0 Å². The van der Waals surface area contributed by atoms with Crippen LogP contribution in [0.4, 0.5) is 0 Å². The van der Waals surface area contributed by atoms with Crippen molar-refractivity contribution in [2.75, 3.05) is 0 Å². The molecule has 0 saturated heterocycles. The van der Waals surface area contributed by atoms with Crippen LogP contribution in [0.1, 0.15) is 39.0 Å². The zero-order valence-electron chi connectivity index (χ0n) is 11.1. The topological polar surface area (TPSA) is 30.6 Å². The van der Waals surface area contributed by atoms with Gasteiger partial charge in [0.2, 0.25) is 5.60 Å². The molecule has 4 saturated carbocycles. The molecule has 0 spiro atoms. The molecule has 4 fully saturated rings. The van der Waals surface area contributed by atoms with E-state index in [1.807, 2.05) is 0 Å². The maximum Gasteiger partial charge on any atom is 0.509 e. The van der Waals surface area contributed by atoms with Gasteiger partial charge in [-0.2, -0.15) is 0 Å². The van der Waals surface area contributed by atoms with Gasteiger partial charge < -0.3 is 9.53 Å². The minimum atomic E-state index is -0.0718. The molecule has 98 valence electrons. The van der Waals surface area contributed by atoms with Gasteiger partial charge >= 0.3 is 5.97 Å². The molecule has 0 aliphatic heterocycles.